The van der Waals surface area contributed by atoms with E-state index in [9.17, 15) is 0 Å². The molecule has 0 aromatic carbocycles. The summed E-state index contributed by atoms with van der Waals surface area (Å²) < 4.78 is 4.89. The van der Waals surface area contributed by atoms with Crippen LogP contribution in [-0.4, -0.2) is 26.4 Å². The average molecular weight is 203 g/mol. The fourth-order valence-electron chi connectivity index (χ4n) is 1.25. The number of rotatable bonds is 9. The van der Waals surface area contributed by atoms with Crippen LogP contribution in [0, 0.1) is 5.92 Å². The maximum atomic E-state index is 5.30. The minimum Gasteiger partial charge on any atom is -0.382 e. The molecular formula is C11H25NO2. The van der Waals surface area contributed by atoms with Gasteiger partial charge in [0.15, 0.2) is 0 Å². The molecule has 14 heavy (non-hydrogen) atoms. The van der Waals surface area contributed by atoms with Gasteiger partial charge in [0.25, 0.3) is 0 Å². The zero-order chi connectivity index (χ0) is 10.8. The van der Waals surface area contributed by atoms with Crippen molar-refractivity contribution in [1.29, 1.82) is 0 Å². The van der Waals surface area contributed by atoms with Crippen LogP contribution in [0.4, 0.5) is 0 Å². The van der Waals surface area contributed by atoms with Crippen LogP contribution in [0.3, 0.4) is 0 Å². The normalized spacial score (nSPS) is 15.4. The summed E-state index contributed by atoms with van der Waals surface area (Å²) in [7, 11) is 1.68. The van der Waals surface area contributed by atoms with E-state index < -0.39 is 0 Å². The molecule has 0 aliphatic carbocycles. The Labute approximate surface area is 88.1 Å². The summed E-state index contributed by atoms with van der Waals surface area (Å²) in [5.41, 5.74) is 3.09. The van der Waals surface area contributed by atoms with Crippen LogP contribution >= 0.6 is 0 Å². The first-order valence-corrected chi connectivity index (χ1v) is 5.60. The molecule has 0 aromatic heterocycles. The Balaban J connectivity index is 3.47. The number of methoxy groups -OCH3 is 1. The van der Waals surface area contributed by atoms with E-state index in [0.717, 1.165) is 12.3 Å². The van der Waals surface area contributed by atoms with Gasteiger partial charge in [0.1, 0.15) is 0 Å². The van der Waals surface area contributed by atoms with Crippen molar-refractivity contribution >= 4 is 0 Å². The summed E-state index contributed by atoms with van der Waals surface area (Å²) >= 11 is 0. The van der Waals surface area contributed by atoms with E-state index in [-0.39, 0.29) is 0 Å². The Kier molecular flexibility index (Phi) is 9.35. The highest BCUT2D eigenvalue weighted by Crippen LogP contribution is 2.11. The van der Waals surface area contributed by atoms with Gasteiger partial charge in [-0.3, -0.25) is 4.84 Å². The molecule has 0 bridgehead atoms. The summed E-state index contributed by atoms with van der Waals surface area (Å²) in [6, 6.07) is 0.474. The summed E-state index contributed by atoms with van der Waals surface area (Å²) in [4.78, 5) is 5.30. The summed E-state index contributed by atoms with van der Waals surface area (Å²) in [5, 5.41) is 0. The van der Waals surface area contributed by atoms with Crippen molar-refractivity contribution in [2.45, 2.75) is 46.1 Å². The van der Waals surface area contributed by atoms with Crippen LogP contribution in [0.5, 0.6) is 0 Å². The number of hydrogen-bond acceptors (Lipinski definition) is 3. The maximum absolute atomic E-state index is 5.30. The molecule has 0 heterocycles. The summed E-state index contributed by atoms with van der Waals surface area (Å²) in [6.07, 6.45) is 3.52. The fraction of sp³-hybridized carbons (Fsp3) is 1.00. The van der Waals surface area contributed by atoms with Crippen molar-refractivity contribution in [2.75, 3.05) is 20.3 Å². The Morgan fingerprint density at radius 1 is 1.14 bits per heavy atom. The molecule has 0 spiro atoms. The van der Waals surface area contributed by atoms with Gasteiger partial charge in [-0.1, -0.05) is 27.2 Å². The number of hydroxylamine groups is 1. The first kappa shape index (κ1) is 13.9. The molecule has 1 N–H and O–H groups in total. The molecule has 2 atom stereocenters. The van der Waals surface area contributed by atoms with Gasteiger partial charge >= 0.3 is 0 Å². The van der Waals surface area contributed by atoms with Gasteiger partial charge < -0.3 is 4.74 Å². The van der Waals surface area contributed by atoms with Gasteiger partial charge in [-0.15, -0.1) is 0 Å². The van der Waals surface area contributed by atoms with Crippen LogP contribution in [-0.2, 0) is 9.57 Å². The van der Waals surface area contributed by atoms with Crippen LogP contribution < -0.4 is 5.48 Å². The highest BCUT2D eigenvalue weighted by molar-refractivity contribution is 4.63. The highest BCUT2D eigenvalue weighted by Gasteiger charge is 2.09. The molecule has 0 saturated carbocycles. The van der Waals surface area contributed by atoms with E-state index in [1.807, 2.05) is 0 Å². The molecule has 3 heteroatoms. The minimum absolute atomic E-state index is 0.474. The topological polar surface area (TPSA) is 30.5 Å². The lowest BCUT2D eigenvalue weighted by Gasteiger charge is -2.19. The first-order valence-electron chi connectivity index (χ1n) is 5.60. The standard InChI is InChI=1S/C11H25NO2/c1-5-10(3)9-11(6-2)12-14-8-7-13-4/h10-12H,5-9H2,1-4H3. The maximum Gasteiger partial charge on any atom is 0.0915 e. The first-order chi connectivity index (χ1) is 6.74. The summed E-state index contributed by atoms with van der Waals surface area (Å²) in [5.74, 6) is 0.762. The zero-order valence-corrected chi connectivity index (χ0v) is 10.0. The van der Waals surface area contributed by atoms with Gasteiger partial charge in [0.05, 0.1) is 13.2 Å². The molecule has 0 aliphatic heterocycles. The van der Waals surface area contributed by atoms with Crippen LogP contribution in [0.25, 0.3) is 0 Å². The fourth-order valence-corrected chi connectivity index (χ4v) is 1.25. The molecule has 0 aliphatic rings. The molecule has 0 radical (unpaired) electrons. The number of hydrogen-bond donors (Lipinski definition) is 1. The van der Waals surface area contributed by atoms with Crippen molar-refractivity contribution in [3.8, 4) is 0 Å². The van der Waals surface area contributed by atoms with Crippen LogP contribution in [0.1, 0.15) is 40.0 Å². The van der Waals surface area contributed by atoms with E-state index in [0.29, 0.717) is 19.3 Å². The predicted molar refractivity (Wildman–Crippen MR) is 59.1 cm³/mol. The van der Waals surface area contributed by atoms with E-state index in [4.69, 9.17) is 9.57 Å². The van der Waals surface area contributed by atoms with Crippen molar-refractivity contribution < 1.29 is 9.57 Å². The molecule has 0 fully saturated rings. The van der Waals surface area contributed by atoms with Crippen molar-refractivity contribution in [2.24, 2.45) is 5.92 Å². The lowest BCUT2D eigenvalue weighted by Crippen LogP contribution is -2.31. The SMILES string of the molecule is CCC(C)CC(CC)NOCCOC. The van der Waals surface area contributed by atoms with Gasteiger partial charge in [-0.05, 0) is 18.8 Å². The van der Waals surface area contributed by atoms with E-state index in [1.165, 1.54) is 12.8 Å². The molecule has 0 aromatic rings. The predicted octanol–water partition coefficient (Wildman–Crippen LogP) is 2.37. The van der Waals surface area contributed by atoms with Gasteiger partial charge in [0.2, 0.25) is 0 Å². The molecular weight excluding hydrogens is 178 g/mol. The van der Waals surface area contributed by atoms with Gasteiger partial charge in [0, 0.05) is 13.2 Å². The third-order valence-electron chi connectivity index (χ3n) is 2.52. The Hall–Kier alpha value is -0.120. The van der Waals surface area contributed by atoms with Crippen molar-refractivity contribution in [1.82, 2.24) is 5.48 Å². The zero-order valence-electron chi connectivity index (χ0n) is 10.0. The van der Waals surface area contributed by atoms with Crippen LogP contribution in [0.15, 0.2) is 0 Å². The van der Waals surface area contributed by atoms with Crippen molar-refractivity contribution in [3.05, 3.63) is 0 Å². The second kappa shape index (κ2) is 9.44. The Morgan fingerprint density at radius 3 is 2.36 bits per heavy atom. The van der Waals surface area contributed by atoms with Crippen LogP contribution in [0.2, 0.25) is 0 Å². The molecule has 2 unspecified atom stereocenters. The largest absolute Gasteiger partial charge is 0.382 e. The minimum atomic E-state index is 0.474. The monoisotopic (exact) mass is 203 g/mol. The van der Waals surface area contributed by atoms with Crippen molar-refractivity contribution in [3.63, 3.8) is 0 Å². The van der Waals surface area contributed by atoms with Gasteiger partial charge in [-0.2, -0.15) is 5.48 Å². The smallest absolute Gasteiger partial charge is 0.0915 e. The third-order valence-corrected chi connectivity index (χ3v) is 2.52. The molecule has 0 saturated heterocycles. The third kappa shape index (κ3) is 7.30. The lowest BCUT2D eigenvalue weighted by atomic mass is 9.98. The Bertz CT molecular complexity index is 120. The highest BCUT2D eigenvalue weighted by atomic mass is 16.7. The second-order valence-corrected chi connectivity index (χ2v) is 3.81. The quantitative estimate of drug-likeness (QED) is 0.461. The second-order valence-electron chi connectivity index (χ2n) is 3.81. The molecule has 0 rings (SSSR count). The molecule has 86 valence electrons. The average Bonchev–Trinajstić information content (AvgIpc) is 2.22. The van der Waals surface area contributed by atoms with E-state index in [1.54, 1.807) is 7.11 Å². The molecule has 3 nitrogen and oxygen atoms in total. The Morgan fingerprint density at radius 2 is 1.86 bits per heavy atom. The van der Waals surface area contributed by atoms with E-state index >= 15 is 0 Å². The number of nitrogens with one attached hydrogen (secondary N) is 1. The summed E-state index contributed by atoms with van der Waals surface area (Å²) in [6.45, 7) is 7.95. The number of ether oxygens (including phenoxy) is 1. The van der Waals surface area contributed by atoms with E-state index in [2.05, 4.69) is 26.3 Å². The van der Waals surface area contributed by atoms with Gasteiger partial charge in [-0.25, -0.2) is 0 Å². The lowest BCUT2D eigenvalue weighted by molar-refractivity contribution is -0.0164. The molecule has 0 amide bonds.